The van der Waals surface area contributed by atoms with Crippen LogP contribution < -0.4 is 0 Å². The molecule has 166 valence electrons. The van der Waals surface area contributed by atoms with Crippen molar-refractivity contribution in [1.82, 2.24) is 9.78 Å². The molecule has 0 aliphatic heterocycles. The smallest absolute Gasteiger partial charge is 0.416 e. The van der Waals surface area contributed by atoms with E-state index in [4.69, 9.17) is 16.0 Å². The lowest BCUT2D eigenvalue weighted by molar-refractivity contribution is -0.137. The number of aromatic nitrogens is 2. The van der Waals surface area contributed by atoms with Crippen LogP contribution >= 0.6 is 11.6 Å². The Balaban J connectivity index is 1.45. The minimum Gasteiger partial charge on any atom is -0.459 e. The van der Waals surface area contributed by atoms with Crippen LogP contribution in [0.2, 0.25) is 5.02 Å². The first-order valence-corrected chi connectivity index (χ1v) is 10.3. The van der Waals surface area contributed by atoms with Gasteiger partial charge in [-0.15, -0.1) is 0 Å². The minimum atomic E-state index is -4.40. The molecule has 0 bridgehead atoms. The highest BCUT2D eigenvalue weighted by molar-refractivity contribution is 6.34. The number of halogens is 5. The molecule has 3 nitrogen and oxygen atoms in total. The van der Waals surface area contributed by atoms with Gasteiger partial charge in [0.15, 0.2) is 5.82 Å². The summed E-state index contributed by atoms with van der Waals surface area (Å²) in [6.07, 6.45) is -2.85. The highest BCUT2D eigenvalue weighted by Gasteiger charge is 2.30. The summed E-state index contributed by atoms with van der Waals surface area (Å²) in [6.45, 7) is 0.127. The van der Waals surface area contributed by atoms with E-state index in [2.05, 4.69) is 5.10 Å². The summed E-state index contributed by atoms with van der Waals surface area (Å²) in [5.41, 5.74) is 1.38. The van der Waals surface area contributed by atoms with Crippen LogP contribution in [0.15, 0.2) is 83.4 Å². The summed E-state index contributed by atoms with van der Waals surface area (Å²) in [4.78, 5) is 0. The highest BCUT2D eigenvalue weighted by atomic mass is 35.5. The van der Waals surface area contributed by atoms with E-state index < -0.39 is 17.6 Å². The molecular weight excluding hydrogens is 456 g/mol. The van der Waals surface area contributed by atoms with Crippen LogP contribution in [0.4, 0.5) is 17.6 Å². The molecule has 0 saturated carbocycles. The van der Waals surface area contributed by atoms with Crippen molar-refractivity contribution in [2.24, 2.45) is 0 Å². The minimum absolute atomic E-state index is 0.000313. The van der Waals surface area contributed by atoms with E-state index in [1.165, 1.54) is 16.8 Å². The number of alkyl halides is 3. The molecule has 0 spiro atoms. The van der Waals surface area contributed by atoms with Gasteiger partial charge in [-0.2, -0.15) is 18.3 Å². The van der Waals surface area contributed by atoms with Gasteiger partial charge in [0, 0.05) is 16.5 Å². The van der Waals surface area contributed by atoms with Crippen molar-refractivity contribution in [3.05, 3.63) is 101 Å². The zero-order chi connectivity index (χ0) is 23.2. The first kappa shape index (κ1) is 21.3. The van der Waals surface area contributed by atoms with Gasteiger partial charge < -0.3 is 4.42 Å². The van der Waals surface area contributed by atoms with Crippen molar-refractivity contribution >= 4 is 22.5 Å². The summed E-state index contributed by atoms with van der Waals surface area (Å²) < 4.78 is 60.8. The predicted molar refractivity (Wildman–Crippen MR) is 118 cm³/mol. The van der Waals surface area contributed by atoms with Gasteiger partial charge in [-0.1, -0.05) is 54.1 Å². The molecule has 2 heterocycles. The number of nitrogens with zero attached hydrogens (tertiary/aromatic N) is 2. The summed E-state index contributed by atoms with van der Waals surface area (Å²) in [6, 6.07) is 19.1. The normalized spacial score (nSPS) is 11.9. The van der Waals surface area contributed by atoms with Crippen molar-refractivity contribution in [2.45, 2.75) is 12.7 Å². The standard InChI is InChI=1S/C25H15ClF4N2O/c26-22-20(15-4-2-1-3-5-15)12-17-13-31-32(24(17)23(22)27)14-19-10-11-21(33-19)16-6-8-18(9-7-16)25(28,29)30/h1-13H,14H2. The van der Waals surface area contributed by atoms with Gasteiger partial charge in [-0.05, 0) is 35.9 Å². The van der Waals surface area contributed by atoms with Gasteiger partial charge in [0.2, 0.25) is 0 Å². The van der Waals surface area contributed by atoms with Crippen molar-refractivity contribution in [3.8, 4) is 22.5 Å². The maximum absolute atomic E-state index is 15.2. The van der Waals surface area contributed by atoms with E-state index in [0.717, 1.165) is 17.7 Å². The molecular formula is C25H15ClF4N2O. The Labute approximate surface area is 190 Å². The van der Waals surface area contributed by atoms with Crippen LogP contribution in [0.1, 0.15) is 11.3 Å². The van der Waals surface area contributed by atoms with E-state index in [1.54, 1.807) is 24.4 Å². The van der Waals surface area contributed by atoms with Gasteiger partial charge in [0.05, 0.1) is 23.3 Å². The maximum Gasteiger partial charge on any atom is 0.416 e. The molecule has 3 aromatic carbocycles. The van der Waals surface area contributed by atoms with E-state index in [0.29, 0.717) is 28.0 Å². The monoisotopic (exact) mass is 470 g/mol. The largest absolute Gasteiger partial charge is 0.459 e. The lowest BCUT2D eigenvalue weighted by Gasteiger charge is -2.09. The average Bonchev–Trinajstić information content (AvgIpc) is 3.44. The zero-order valence-corrected chi connectivity index (χ0v) is 17.7. The lowest BCUT2D eigenvalue weighted by Crippen LogP contribution is -2.03. The van der Waals surface area contributed by atoms with Crippen LogP contribution in [0, 0.1) is 5.82 Å². The Morgan fingerprint density at radius 3 is 2.33 bits per heavy atom. The zero-order valence-electron chi connectivity index (χ0n) is 16.9. The van der Waals surface area contributed by atoms with Gasteiger partial charge in [-0.25, -0.2) is 4.39 Å². The molecule has 8 heteroatoms. The van der Waals surface area contributed by atoms with E-state index >= 15 is 4.39 Å². The fraction of sp³-hybridized carbons (Fsp3) is 0.0800. The highest BCUT2D eigenvalue weighted by Crippen LogP contribution is 2.36. The fourth-order valence-corrected chi connectivity index (χ4v) is 3.98. The topological polar surface area (TPSA) is 31.0 Å². The molecule has 0 amide bonds. The molecule has 0 unspecified atom stereocenters. The first-order chi connectivity index (χ1) is 15.8. The summed E-state index contributed by atoms with van der Waals surface area (Å²) in [5, 5.41) is 4.87. The molecule has 0 radical (unpaired) electrons. The van der Waals surface area contributed by atoms with E-state index in [-0.39, 0.29) is 17.1 Å². The molecule has 0 aliphatic carbocycles. The Morgan fingerprint density at radius 1 is 0.909 bits per heavy atom. The summed E-state index contributed by atoms with van der Waals surface area (Å²) in [5.74, 6) is 0.289. The van der Waals surface area contributed by atoms with Crippen LogP contribution in [-0.4, -0.2) is 9.78 Å². The third-order valence-electron chi connectivity index (χ3n) is 5.35. The van der Waals surface area contributed by atoms with Crippen molar-refractivity contribution in [2.75, 3.05) is 0 Å². The third kappa shape index (κ3) is 4.00. The van der Waals surface area contributed by atoms with Gasteiger partial charge >= 0.3 is 6.18 Å². The number of rotatable bonds is 4. The van der Waals surface area contributed by atoms with Crippen LogP contribution in [0.5, 0.6) is 0 Å². The quantitative estimate of drug-likeness (QED) is 0.251. The molecule has 0 fully saturated rings. The molecule has 0 saturated heterocycles. The summed E-state index contributed by atoms with van der Waals surface area (Å²) in [7, 11) is 0. The first-order valence-electron chi connectivity index (χ1n) is 9.96. The second-order valence-electron chi connectivity index (χ2n) is 7.50. The Morgan fingerprint density at radius 2 is 1.64 bits per heavy atom. The van der Waals surface area contributed by atoms with Crippen molar-refractivity contribution in [1.29, 1.82) is 0 Å². The predicted octanol–water partition coefficient (Wildman–Crippen LogP) is 7.82. The van der Waals surface area contributed by atoms with Crippen LogP contribution in [0.25, 0.3) is 33.4 Å². The Bertz CT molecular complexity index is 1440. The second kappa shape index (κ2) is 8.08. The van der Waals surface area contributed by atoms with Crippen molar-refractivity contribution in [3.63, 3.8) is 0 Å². The fourth-order valence-electron chi connectivity index (χ4n) is 3.72. The third-order valence-corrected chi connectivity index (χ3v) is 5.72. The number of furan rings is 1. The number of hydrogen-bond acceptors (Lipinski definition) is 2. The molecule has 5 rings (SSSR count). The van der Waals surface area contributed by atoms with Gasteiger partial charge in [0.1, 0.15) is 17.0 Å². The van der Waals surface area contributed by atoms with Crippen LogP contribution in [-0.2, 0) is 12.7 Å². The van der Waals surface area contributed by atoms with Crippen molar-refractivity contribution < 1.29 is 22.0 Å². The van der Waals surface area contributed by atoms with Crippen LogP contribution in [0.3, 0.4) is 0 Å². The van der Waals surface area contributed by atoms with Gasteiger partial charge in [0.25, 0.3) is 0 Å². The summed E-state index contributed by atoms with van der Waals surface area (Å²) >= 11 is 6.35. The molecule has 0 atom stereocenters. The SMILES string of the molecule is Fc1c(Cl)c(-c2ccccc2)cc2cnn(Cc3ccc(-c4ccc(C(F)(F)F)cc4)o3)c12. The van der Waals surface area contributed by atoms with E-state index in [9.17, 15) is 13.2 Å². The molecule has 0 N–H and O–H groups in total. The Hall–Kier alpha value is -3.58. The maximum atomic E-state index is 15.2. The Kier molecular flexibility index (Phi) is 5.21. The number of fused-ring (bicyclic) bond motifs is 1. The average molecular weight is 471 g/mol. The van der Waals surface area contributed by atoms with Gasteiger partial charge in [-0.3, -0.25) is 4.68 Å². The number of hydrogen-bond donors (Lipinski definition) is 0. The molecule has 5 aromatic rings. The molecule has 33 heavy (non-hydrogen) atoms. The molecule has 0 aliphatic rings. The molecule has 2 aromatic heterocycles. The number of benzene rings is 3. The lowest BCUT2D eigenvalue weighted by atomic mass is 10.0. The van der Waals surface area contributed by atoms with E-state index in [1.807, 2.05) is 30.3 Å². The second-order valence-corrected chi connectivity index (χ2v) is 7.88.